The van der Waals surface area contributed by atoms with Gasteiger partial charge >= 0.3 is 0 Å². The highest BCUT2D eigenvalue weighted by atomic mass is 16.1. The van der Waals surface area contributed by atoms with Crippen LogP contribution in [0.5, 0.6) is 0 Å². The van der Waals surface area contributed by atoms with E-state index in [4.69, 9.17) is 0 Å². The molecule has 1 aliphatic rings. The summed E-state index contributed by atoms with van der Waals surface area (Å²) in [5.74, 6) is 0.938. The largest absolute Gasteiger partial charge is 0.345 e. The lowest BCUT2D eigenvalue weighted by Gasteiger charge is -2.31. The van der Waals surface area contributed by atoms with E-state index in [9.17, 15) is 4.79 Å². The highest BCUT2D eigenvalue weighted by Gasteiger charge is 2.24. The average Bonchev–Trinajstić information content (AvgIpc) is 2.66. The zero-order valence-electron chi connectivity index (χ0n) is 11.9. The van der Waals surface area contributed by atoms with Crippen molar-refractivity contribution in [2.24, 2.45) is 5.92 Å². The zero-order chi connectivity index (χ0) is 13.1. The summed E-state index contributed by atoms with van der Waals surface area (Å²) in [6.45, 7) is 6.48. The highest BCUT2D eigenvalue weighted by Crippen LogP contribution is 2.36. The van der Waals surface area contributed by atoms with Gasteiger partial charge in [0.1, 0.15) is 0 Å². The molecule has 1 aromatic rings. The highest BCUT2D eigenvalue weighted by molar-refractivity contribution is 5.77. The molecule has 1 saturated carbocycles. The number of hydrogen-bond donors (Lipinski definition) is 0. The molecule has 0 radical (unpaired) electrons. The Hall–Kier alpha value is -1.05. The van der Waals surface area contributed by atoms with E-state index in [0.717, 1.165) is 23.5 Å². The van der Waals surface area contributed by atoms with Gasteiger partial charge in [-0.15, -0.1) is 0 Å². The zero-order valence-corrected chi connectivity index (χ0v) is 11.9. The second-order valence-electron chi connectivity index (χ2n) is 5.78. The van der Waals surface area contributed by atoms with E-state index in [1.807, 2.05) is 6.07 Å². The number of aryl methyl sites for hydroxylation is 1. The van der Waals surface area contributed by atoms with Gasteiger partial charge in [-0.25, -0.2) is 0 Å². The summed E-state index contributed by atoms with van der Waals surface area (Å²) in [6.07, 6.45) is 8.94. The summed E-state index contributed by atoms with van der Waals surface area (Å²) in [7, 11) is 0. The average molecular weight is 247 g/mol. The normalized spacial score (nSPS) is 24.2. The van der Waals surface area contributed by atoms with E-state index >= 15 is 0 Å². The fourth-order valence-electron chi connectivity index (χ4n) is 3.58. The number of nitrogens with zero attached hydrogens (tertiary/aromatic N) is 1. The Morgan fingerprint density at radius 3 is 2.44 bits per heavy atom. The van der Waals surface area contributed by atoms with Crippen LogP contribution in [0.1, 0.15) is 73.2 Å². The number of carbonyl (C=O) groups excluding carboxylic acids is 1. The molecular formula is C16H25NO. The van der Waals surface area contributed by atoms with Crippen LogP contribution in [0.15, 0.2) is 6.07 Å². The van der Waals surface area contributed by atoms with Crippen molar-refractivity contribution in [1.82, 2.24) is 4.57 Å². The van der Waals surface area contributed by atoms with Crippen LogP contribution >= 0.6 is 0 Å². The Kier molecular flexibility index (Phi) is 4.26. The van der Waals surface area contributed by atoms with Crippen molar-refractivity contribution in [3.05, 3.63) is 23.0 Å². The number of aldehydes is 1. The van der Waals surface area contributed by atoms with E-state index < -0.39 is 0 Å². The predicted octanol–water partition coefficient (Wildman–Crippen LogP) is 4.45. The van der Waals surface area contributed by atoms with Crippen molar-refractivity contribution in [2.45, 2.75) is 65.3 Å². The summed E-state index contributed by atoms with van der Waals surface area (Å²) in [5, 5.41) is 0. The van der Waals surface area contributed by atoms with Crippen molar-refractivity contribution < 1.29 is 4.79 Å². The molecule has 2 nitrogen and oxygen atoms in total. The summed E-state index contributed by atoms with van der Waals surface area (Å²) >= 11 is 0. The number of aromatic nitrogens is 1. The molecule has 0 aliphatic heterocycles. The third-order valence-electron chi connectivity index (χ3n) is 4.53. The topological polar surface area (TPSA) is 22.0 Å². The molecule has 0 unspecified atom stereocenters. The molecule has 18 heavy (non-hydrogen) atoms. The maximum atomic E-state index is 11.0. The molecule has 1 aromatic heterocycles. The molecule has 0 saturated heterocycles. The first-order valence-corrected chi connectivity index (χ1v) is 7.31. The van der Waals surface area contributed by atoms with Crippen LogP contribution in [0.25, 0.3) is 0 Å². The molecule has 0 atom stereocenters. The van der Waals surface area contributed by atoms with Crippen LogP contribution in [0.3, 0.4) is 0 Å². The third-order valence-corrected chi connectivity index (χ3v) is 4.53. The summed E-state index contributed by atoms with van der Waals surface area (Å²) in [6, 6.07) is 2.65. The van der Waals surface area contributed by atoms with Crippen molar-refractivity contribution >= 4 is 6.29 Å². The van der Waals surface area contributed by atoms with Crippen molar-refractivity contribution in [3.63, 3.8) is 0 Å². The van der Waals surface area contributed by atoms with E-state index in [0.29, 0.717) is 6.04 Å². The Labute approximate surface area is 110 Å². The van der Waals surface area contributed by atoms with Crippen molar-refractivity contribution in [1.29, 1.82) is 0 Å². The van der Waals surface area contributed by atoms with E-state index in [1.165, 1.54) is 44.2 Å². The molecule has 0 bridgehead atoms. The van der Waals surface area contributed by atoms with Gasteiger partial charge in [-0.2, -0.15) is 0 Å². The molecule has 100 valence electrons. The first-order chi connectivity index (χ1) is 8.67. The van der Waals surface area contributed by atoms with Gasteiger partial charge in [0.05, 0.1) is 0 Å². The fourth-order valence-corrected chi connectivity index (χ4v) is 3.58. The van der Waals surface area contributed by atoms with E-state index in [-0.39, 0.29) is 0 Å². The second kappa shape index (κ2) is 5.73. The predicted molar refractivity (Wildman–Crippen MR) is 75.2 cm³/mol. The monoisotopic (exact) mass is 247 g/mol. The molecular weight excluding hydrogens is 222 g/mol. The Morgan fingerprint density at radius 2 is 1.94 bits per heavy atom. The van der Waals surface area contributed by atoms with Gasteiger partial charge in [-0.3, -0.25) is 4.79 Å². The van der Waals surface area contributed by atoms with E-state index in [2.05, 4.69) is 25.3 Å². The van der Waals surface area contributed by atoms with Gasteiger partial charge in [-0.1, -0.05) is 19.8 Å². The van der Waals surface area contributed by atoms with Gasteiger partial charge in [0.2, 0.25) is 0 Å². The van der Waals surface area contributed by atoms with Crippen molar-refractivity contribution in [3.8, 4) is 0 Å². The lowest BCUT2D eigenvalue weighted by atomic mass is 9.83. The minimum atomic E-state index is 0.617. The van der Waals surface area contributed by atoms with E-state index in [1.54, 1.807) is 0 Å². The van der Waals surface area contributed by atoms with Gasteiger partial charge in [0.25, 0.3) is 0 Å². The van der Waals surface area contributed by atoms with Crippen LogP contribution in [0, 0.1) is 19.8 Å². The number of carbonyl (C=O) groups is 1. The molecule has 2 heteroatoms. The van der Waals surface area contributed by atoms with Gasteiger partial charge in [-0.05, 0) is 51.5 Å². The SMILES string of the molecule is CCCC1CCC(n2c(C)cc(C=O)c2C)CC1. The molecule has 0 spiro atoms. The van der Waals surface area contributed by atoms with Crippen LogP contribution in [-0.2, 0) is 0 Å². The molecule has 0 amide bonds. The first kappa shape index (κ1) is 13.4. The molecule has 0 aromatic carbocycles. The van der Waals surface area contributed by atoms with Crippen molar-refractivity contribution in [2.75, 3.05) is 0 Å². The van der Waals surface area contributed by atoms with Gasteiger partial charge < -0.3 is 4.57 Å². The van der Waals surface area contributed by atoms with Crippen LogP contribution in [0.2, 0.25) is 0 Å². The first-order valence-electron chi connectivity index (χ1n) is 7.31. The molecule has 1 heterocycles. The standard InChI is InChI=1S/C16H25NO/c1-4-5-14-6-8-16(9-7-14)17-12(2)10-15(11-18)13(17)3/h10-11,14,16H,4-9H2,1-3H3. The molecule has 1 aliphatic carbocycles. The lowest BCUT2D eigenvalue weighted by molar-refractivity contribution is 0.112. The third kappa shape index (κ3) is 2.52. The molecule has 2 rings (SSSR count). The van der Waals surface area contributed by atoms with Gasteiger partial charge in [0, 0.05) is 23.0 Å². The molecule has 0 N–H and O–H groups in total. The maximum Gasteiger partial charge on any atom is 0.151 e. The Morgan fingerprint density at radius 1 is 1.28 bits per heavy atom. The summed E-state index contributed by atoms with van der Waals surface area (Å²) in [5.41, 5.74) is 3.26. The summed E-state index contributed by atoms with van der Waals surface area (Å²) < 4.78 is 2.39. The summed E-state index contributed by atoms with van der Waals surface area (Å²) in [4.78, 5) is 11.0. The van der Waals surface area contributed by atoms with Crippen LogP contribution in [0.4, 0.5) is 0 Å². The Bertz CT molecular complexity index is 411. The molecule has 1 fully saturated rings. The smallest absolute Gasteiger partial charge is 0.151 e. The number of rotatable bonds is 4. The van der Waals surface area contributed by atoms with Crippen LogP contribution in [-0.4, -0.2) is 10.9 Å². The quantitative estimate of drug-likeness (QED) is 0.720. The number of hydrogen-bond acceptors (Lipinski definition) is 1. The Balaban J connectivity index is 2.10. The van der Waals surface area contributed by atoms with Gasteiger partial charge in [0.15, 0.2) is 6.29 Å². The minimum Gasteiger partial charge on any atom is -0.345 e. The minimum absolute atomic E-state index is 0.617. The van der Waals surface area contributed by atoms with Crippen LogP contribution < -0.4 is 0 Å². The second-order valence-corrected chi connectivity index (χ2v) is 5.78. The lowest BCUT2D eigenvalue weighted by Crippen LogP contribution is -2.20. The maximum absolute atomic E-state index is 11.0. The fraction of sp³-hybridized carbons (Fsp3) is 0.688.